The number of nitrogens with two attached hydrogens (primary N) is 1. The van der Waals surface area contributed by atoms with E-state index in [4.69, 9.17) is 15.6 Å². The Morgan fingerprint density at radius 1 is 1.19 bits per heavy atom. The number of fused-ring (bicyclic) bond motifs is 1. The number of ether oxygens (including phenoxy) is 2. The van der Waals surface area contributed by atoms with Gasteiger partial charge in [0.2, 0.25) is 0 Å². The normalized spacial score (nSPS) is 29.8. The zero-order valence-corrected chi connectivity index (χ0v) is 18.7. The summed E-state index contributed by atoms with van der Waals surface area (Å²) in [5, 5.41) is 4.80. The van der Waals surface area contributed by atoms with Crippen molar-refractivity contribution in [2.24, 2.45) is 11.8 Å². The molecule has 2 aliphatic carbocycles. The van der Waals surface area contributed by atoms with Crippen molar-refractivity contribution in [2.75, 3.05) is 25.9 Å². The van der Waals surface area contributed by atoms with Gasteiger partial charge < -0.3 is 15.2 Å². The van der Waals surface area contributed by atoms with E-state index >= 15 is 0 Å². The zero-order chi connectivity index (χ0) is 22.6. The fourth-order valence-corrected chi connectivity index (χ4v) is 5.83. The Labute approximate surface area is 186 Å². The highest BCUT2D eigenvalue weighted by atomic mass is 19.3. The lowest BCUT2D eigenvalue weighted by molar-refractivity contribution is -0.0494. The molecule has 1 saturated heterocycles. The topological polar surface area (TPSA) is 78.4 Å². The first-order valence-corrected chi connectivity index (χ1v) is 11.4. The van der Waals surface area contributed by atoms with Crippen molar-refractivity contribution < 1.29 is 18.3 Å². The number of rotatable bonds is 7. The molecule has 2 aromatic rings. The minimum absolute atomic E-state index is 0.0574. The summed E-state index contributed by atoms with van der Waals surface area (Å²) in [4.78, 5) is 6.64. The maximum absolute atomic E-state index is 12.7. The molecule has 32 heavy (non-hydrogen) atoms. The summed E-state index contributed by atoms with van der Waals surface area (Å²) in [6, 6.07) is 4.45. The Morgan fingerprint density at radius 3 is 2.56 bits per heavy atom. The van der Waals surface area contributed by atoms with Crippen LogP contribution in [0.4, 0.5) is 14.6 Å². The smallest absolute Gasteiger partial charge is 0.387 e. The van der Waals surface area contributed by atoms with Crippen LogP contribution in [0.2, 0.25) is 0 Å². The molecule has 3 heterocycles. The lowest BCUT2D eigenvalue weighted by atomic mass is 10.0. The van der Waals surface area contributed by atoms with Crippen molar-refractivity contribution in [1.29, 1.82) is 0 Å². The first-order valence-electron chi connectivity index (χ1n) is 11.4. The third-order valence-electron chi connectivity index (χ3n) is 7.44. The molecule has 0 bridgehead atoms. The number of alkyl halides is 2. The van der Waals surface area contributed by atoms with Gasteiger partial charge in [0.15, 0.2) is 11.6 Å². The molecule has 2 aromatic heterocycles. The Morgan fingerprint density at radius 2 is 1.94 bits per heavy atom. The number of likely N-dealkylation sites (tertiary alicyclic amines) is 1. The molecule has 7 nitrogen and oxygen atoms in total. The monoisotopic (exact) mass is 447 g/mol. The number of hydrogen-bond donors (Lipinski definition) is 1. The maximum Gasteiger partial charge on any atom is 0.387 e. The van der Waals surface area contributed by atoms with Crippen molar-refractivity contribution in [3.8, 4) is 17.0 Å². The Kier molecular flexibility index (Phi) is 5.57. The predicted octanol–water partition coefficient (Wildman–Crippen LogP) is 3.92. The second kappa shape index (κ2) is 8.26. The highest BCUT2D eigenvalue weighted by molar-refractivity contribution is 5.64. The van der Waals surface area contributed by atoms with Gasteiger partial charge in [-0.3, -0.25) is 9.58 Å². The molecule has 1 aliphatic heterocycles. The Hall–Kier alpha value is -2.26. The second-order valence-corrected chi connectivity index (χ2v) is 9.60. The molecule has 0 aromatic carbocycles. The number of nitrogen functional groups attached to an aromatic ring is 1. The van der Waals surface area contributed by atoms with Crippen LogP contribution >= 0.6 is 0 Å². The van der Waals surface area contributed by atoms with Crippen molar-refractivity contribution in [1.82, 2.24) is 19.7 Å². The van der Waals surface area contributed by atoms with E-state index in [0.717, 1.165) is 19.5 Å². The maximum atomic E-state index is 12.7. The van der Waals surface area contributed by atoms with Gasteiger partial charge in [-0.25, -0.2) is 4.98 Å². The molecule has 0 radical (unpaired) electrons. The van der Waals surface area contributed by atoms with Crippen molar-refractivity contribution in [3.05, 3.63) is 24.0 Å². The summed E-state index contributed by atoms with van der Waals surface area (Å²) < 4.78 is 37.5. The molecule has 2 unspecified atom stereocenters. The van der Waals surface area contributed by atoms with E-state index in [-0.39, 0.29) is 17.6 Å². The number of methoxy groups -OCH3 is 1. The van der Waals surface area contributed by atoms with Crippen LogP contribution in [0, 0.1) is 11.8 Å². The average Bonchev–Trinajstić information content (AvgIpc) is 3.23. The van der Waals surface area contributed by atoms with E-state index in [0.29, 0.717) is 41.2 Å². The summed E-state index contributed by atoms with van der Waals surface area (Å²) in [6.07, 6.45) is 5.51. The molecule has 3 atom stereocenters. The van der Waals surface area contributed by atoms with E-state index in [2.05, 4.69) is 39.2 Å². The third-order valence-corrected chi connectivity index (χ3v) is 7.44. The van der Waals surface area contributed by atoms with Crippen molar-refractivity contribution in [3.63, 3.8) is 0 Å². The molecule has 9 heteroatoms. The van der Waals surface area contributed by atoms with Gasteiger partial charge in [-0.1, -0.05) is 0 Å². The highest BCUT2D eigenvalue weighted by Crippen LogP contribution is 2.64. The van der Waals surface area contributed by atoms with Crippen molar-refractivity contribution in [2.45, 2.75) is 63.8 Å². The van der Waals surface area contributed by atoms with Gasteiger partial charge >= 0.3 is 6.61 Å². The van der Waals surface area contributed by atoms with Crippen molar-refractivity contribution >= 4 is 5.82 Å². The first-order chi connectivity index (χ1) is 15.4. The van der Waals surface area contributed by atoms with Gasteiger partial charge in [-0.15, -0.1) is 0 Å². The Bertz CT molecular complexity index is 969. The largest absolute Gasteiger partial charge is 0.431 e. The number of anilines is 1. The van der Waals surface area contributed by atoms with Crippen LogP contribution in [0.3, 0.4) is 0 Å². The fraction of sp³-hybridized carbons (Fsp3) is 0.652. The lowest BCUT2D eigenvalue weighted by Crippen LogP contribution is -2.33. The minimum atomic E-state index is -2.95. The summed E-state index contributed by atoms with van der Waals surface area (Å²) in [7, 11) is 1.81. The van der Waals surface area contributed by atoms with Crippen LogP contribution in [0.1, 0.15) is 50.8 Å². The van der Waals surface area contributed by atoms with Gasteiger partial charge in [0, 0.05) is 55.7 Å². The molecule has 3 fully saturated rings. The molecular weight excluding hydrogens is 416 g/mol. The van der Waals surface area contributed by atoms with Gasteiger partial charge in [0.1, 0.15) is 0 Å². The molecule has 0 amide bonds. The molecular formula is C23H31F2N5O2. The van der Waals surface area contributed by atoms with Crippen LogP contribution < -0.4 is 10.5 Å². The summed E-state index contributed by atoms with van der Waals surface area (Å²) in [5.41, 5.74) is 8.26. The van der Waals surface area contributed by atoms with E-state index in [1.54, 1.807) is 13.3 Å². The number of nitrogens with zero attached hydrogens (tertiary/aromatic N) is 4. The molecule has 3 aliphatic rings. The standard InChI is InChI=1S/C23H31F2N5O2/c1-12(2)30-19(9-18(28-30)13-6-20(32-23(24)25)22(26)27-10-13)21-16-7-14(8-17(16)21)29-5-4-15(11-29)31-3/h6,9-10,12,14-17,21,23H,4-5,7-8,11H2,1-3H3,(H2,26,27)/t14?,15-,16?,17?,21?/m1/s1. The van der Waals surface area contributed by atoms with Gasteiger partial charge in [0.05, 0.1) is 11.8 Å². The SMILES string of the molecule is CO[C@@H]1CCN(C2CC3C(C2)C3c2cc(-c3cnc(N)c(OC(F)F)c3)nn2C(C)C)C1. The Balaban J connectivity index is 1.34. The van der Waals surface area contributed by atoms with Crippen LogP contribution in [0.25, 0.3) is 11.3 Å². The number of halogens is 2. The average molecular weight is 448 g/mol. The van der Waals surface area contributed by atoms with Crippen LogP contribution in [0.5, 0.6) is 5.75 Å². The molecule has 2 saturated carbocycles. The zero-order valence-electron chi connectivity index (χ0n) is 18.7. The van der Waals surface area contributed by atoms with E-state index in [1.165, 1.54) is 24.6 Å². The molecule has 2 N–H and O–H groups in total. The number of aromatic nitrogens is 3. The summed E-state index contributed by atoms with van der Waals surface area (Å²) in [6.45, 7) is 3.46. The van der Waals surface area contributed by atoms with Gasteiger partial charge in [-0.05, 0) is 57.1 Å². The van der Waals surface area contributed by atoms with Gasteiger partial charge in [0.25, 0.3) is 0 Å². The van der Waals surface area contributed by atoms with Crippen LogP contribution in [-0.4, -0.2) is 58.6 Å². The number of hydrogen-bond acceptors (Lipinski definition) is 6. The van der Waals surface area contributed by atoms with E-state index < -0.39 is 6.61 Å². The third kappa shape index (κ3) is 3.85. The van der Waals surface area contributed by atoms with E-state index in [9.17, 15) is 8.78 Å². The predicted molar refractivity (Wildman–Crippen MR) is 117 cm³/mol. The lowest BCUT2D eigenvalue weighted by Gasteiger charge is -2.26. The quantitative estimate of drug-likeness (QED) is 0.693. The molecule has 174 valence electrons. The van der Waals surface area contributed by atoms with Crippen LogP contribution in [-0.2, 0) is 4.74 Å². The molecule has 0 spiro atoms. The second-order valence-electron chi connectivity index (χ2n) is 9.60. The van der Waals surface area contributed by atoms with E-state index in [1.807, 2.05) is 0 Å². The summed E-state index contributed by atoms with van der Waals surface area (Å²) in [5.74, 6) is 1.70. The van der Waals surface area contributed by atoms with Crippen LogP contribution in [0.15, 0.2) is 18.3 Å². The fourth-order valence-electron chi connectivity index (χ4n) is 5.83. The number of pyridine rings is 1. The highest BCUT2D eigenvalue weighted by Gasteiger charge is 2.59. The summed E-state index contributed by atoms with van der Waals surface area (Å²) >= 11 is 0. The molecule has 5 rings (SSSR count). The first kappa shape index (κ1) is 21.6. The minimum Gasteiger partial charge on any atom is -0.431 e. The van der Waals surface area contributed by atoms with Gasteiger partial charge in [-0.2, -0.15) is 13.9 Å².